The molecule has 9 heteroatoms. The van der Waals surface area contributed by atoms with E-state index in [0.29, 0.717) is 43.4 Å². The van der Waals surface area contributed by atoms with E-state index in [1.165, 1.54) is 34.1 Å². The van der Waals surface area contributed by atoms with E-state index in [1.807, 2.05) is 30.3 Å². The third-order valence-electron chi connectivity index (χ3n) is 5.47. The molecule has 2 aromatic carbocycles. The molecule has 32 heavy (non-hydrogen) atoms. The van der Waals surface area contributed by atoms with Crippen molar-refractivity contribution in [2.75, 3.05) is 26.2 Å². The second kappa shape index (κ2) is 8.60. The zero-order valence-corrected chi connectivity index (χ0v) is 18.0. The van der Waals surface area contributed by atoms with E-state index in [0.717, 1.165) is 10.6 Å². The monoisotopic (exact) mass is 449 g/mol. The number of amides is 1. The maximum atomic E-state index is 13.9. The molecular weight excluding hydrogens is 429 g/mol. The molecule has 2 aromatic heterocycles. The van der Waals surface area contributed by atoms with Crippen LogP contribution in [0.1, 0.15) is 16.1 Å². The number of rotatable bonds is 4. The highest BCUT2D eigenvalue weighted by Gasteiger charge is 2.24. The van der Waals surface area contributed by atoms with Gasteiger partial charge in [-0.2, -0.15) is 9.61 Å². The predicted molar refractivity (Wildman–Crippen MR) is 120 cm³/mol. The Hall–Kier alpha value is -3.43. The second-order valence-electron chi connectivity index (χ2n) is 7.60. The van der Waals surface area contributed by atoms with Gasteiger partial charge in [-0.25, -0.2) is 9.37 Å². The van der Waals surface area contributed by atoms with Crippen LogP contribution >= 0.6 is 11.3 Å². The van der Waals surface area contributed by atoms with E-state index in [1.54, 1.807) is 17.0 Å². The number of fused-ring (bicyclic) bond motifs is 1. The van der Waals surface area contributed by atoms with Gasteiger partial charge in [0.2, 0.25) is 4.96 Å². The van der Waals surface area contributed by atoms with Gasteiger partial charge in [0.05, 0.1) is 11.3 Å². The summed E-state index contributed by atoms with van der Waals surface area (Å²) in [6.07, 6.45) is 0. The van der Waals surface area contributed by atoms with Crippen molar-refractivity contribution in [2.24, 2.45) is 0 Å². The number of carbonyl (C=O) groups is 1. The van der Waals surface area contributed by atoms with E-state index in [9.17, 15) is 14.0 Å². The zero-order valence-electron chi connectivity index (χ0n) is 17.1. The molecule has 1 aliphatic heterocycles. The minimum absolute atomic E-state index is 0.0977. The second-order valence-corrected chi connectivity index (χ2v) is 8.56. The van der Waals surface area contributed by atoms with E-state index in [4.69, 9.17) is 0 Å². The highest BCUT2D eigenvalue weighted by Crippen LogP contribution is 2.24. The number of hydrogen-bond donors (Lipinski definition) is 0. The number of piperazine rings is 1. The van der Waals surface area contributed by atoms with Crippen molar-refractivity contribution < 1.29 is 9.18 Å². The lowest BCUT2D eigenvalue weighted by molar-refractivity contribution is 0.0622. The topological polar surface area (TPSA) is 70.8 Å². The molecule has 0 spiro atoms. The fraction of sp³-hybridized carbons (Fsp3) is 0.217. The average Bonchev–Trinajstić information content (AvgIpc) is 3.25. The highest BCUT2D eigenvalue weighted by atomic mass is 32.1. The van der Waals surface area contributed by atoms with Gasteiger partial charge in [-0.3, -0.25) is 14.5 Å². The first-order valence-electron chi connectivity index (χ1n) is 10.3. The molecule has 7 nitrogen and oxygen atoms in total. The molecule has 0 aliphatic carbocycles. The Morgan fingerprint density at radius 2 is 1.72 bits per heavy atom. The van der Waals surface area contributed by atoms with Crippen LogP contribution in [0.4, 0.5) is 4.39 Å². The van der Waals surface area contributed by atoms with Crippen LogP contribution < -0.4 is 5.56 Å². The lowest BCUT2D eigenvalue weighted by atomic mass is 10.1. The Kier molecular flexibility index (Phi) is 5.50. The van der Waals surface area contributed by atoms with Crippen molar-refractivity contribution in [1.82, 2.24) is 24.4 Å². The molecule has 1 saturated heterocycles. The number of benzene rings is 2. The van der Waals surface area contributed by atoms with Gasteiger partial charge in [-0.1, -0.05) is 53.8 Å². The number of halogens is 1. The summed E-state index contributed by atoms with van der Waals surface area (Å²) >= 11 is 1.38. The summed E-state index contributed by atoms with van der Waals surface area (Å²) < 4.78 is 15.3. The molecule has 0 unspecified atom stereocenters. The van der Waals surface area contributed by atoms with Gasteiger partial charge in [0.1, 0.15) is 10.8 Å². The summed E-state index contributed by atoms with van der Waals surface area (Å²) in [6, 6.07) is 17.2. The van der Waals surface area contributed by atoms with Gasteiger partial charge in [-0.05, 0) is 12.1 Å². The molecule has 5 rings (SSSR count). The molecule has 0 N–H and O–H groups in total. The summed E-state index contributed by atoms with van der Waals surface area (Å²) in [7, 11) is 0. The molecule has 3 heterocycles. The van der Waals surface area contributed by atoms with Crippen molar-refractivity contribution in [2.45, 2.75) is 6.54 Å². The Morgan fingerprint density at radius 1 is 1.00 bits per heavy atom. The van der Waals surface area contributed by atoms with E-state index < -0.39 is 5.82 Å². The van der Waals surface area contributed by atoms with Crippen LogP contribution in [0.5, 0.6) is 0 Å². The number of carbonyl (C=O) groups excluding carboxylic acids is 1. The van der Waals surface area contributed by atoms with Gasteiger partial charge in [-0.15, -0.1) is 0 Å². The normalized spacial score (nSPS) is 14.7. The summed E-state index contributed by atoms with van der Waals surface area (Å²) in [5, 5.41) is 5.15. The summed E-state index contributed by atoms with van der Waals surface area (Å²) in [6.45, 7) is 2.74. The van der Waals surface area contributed by atoms with Gasteiger partial charge < -0.3 is 4.90 Å². The largest absolute Gasteiger partial charge is 0.336 e. The summed E-state index contributed by atoms with van der Waals surface area (Å²) in [4.78, 5) is 34.2. The summed E-state index contributed by atoms with van der Waals surface area (Å²) in [5.74, 6) is -0.795. The minimum atomic E-state index is -0.502. The van der Waals surface area contributed by atoms with E-state index in [-0.39, 0.29) is 17.0 Å². The Bertz CT molecular complexity index is 1330. The predicted octanol–water partition coefficient (Wildman–Crippen LogP) is 2.92. The average molecular weight is 450 g/mol. The molecule has 1 aliphatic rings. The van der Waals surface area contributed by atoms with Crippen molar-refractivity contribution >= 4 is 22.2 Å². The maximum absolute atomic E-state index is 13.9. The Morgan fingerprint density at radius 3 is 2.47 bits per heavy atom. The van der Waals surface area contributed by atoms with E-state index >= 15 is 0 Å². The maximum Gasteiger partial charge on any atom is 0.275 e. The van der Waals surface area contributed by atoms with Crippen LogP contribution in [0.2, 0.25) is 0 Å². The lowest BCUT2D eigenvalue weighted by Crippen LogP contribution is -2.48. The lowest BCUT2D eigenvalue weighted by Gasteiger charge is -2.34. The fourth-order valence-electron chi connectivity index (χ4n) is 3.78. The molecule has 0 bridgehead atoms. The molecular formula is C23H20FN5O2S. The van der Waals surface area contributed by atoms with Crippen molar-refractivity contribution in [3.8, 4) is 10.6 Å². The first kappa shape index (κ1) is 20.5. The van der Waals surface area contributed by atoms with Gasteiger partial charge in [0.25, 0.3) is 11.5 Å². The number of nitrogens with zero attached hydrogens (tertiary/aromatic N) is 5. The standard InChI is InChI=1S/C23H20FN5O2S/c24-19-9-5-4-8-18(19)22(31)28-12-10-27(11-13-28)15-17-14-20(30)29-23(25-17)32-21(26-29)16-6-2-1-3-7-16/h1-9,14H,10-13,15H2. The molecule has 1 amide bonds. The van der Waals surface area contributed by atoms with Crippen molar-refractivity contribution in [1.29, 1.82) is 0 Å². The van der Waals surface area contributed by atoms with Crippen LogP contribution in [0.3, 0.4) is 0 Å². The van der Waals surface area contributed by atoms with Crippen LogP contribution in [0.25, 0.3) is 15.5 Å². The SMILES string of the molecule is O=C(c1ccccc1F)N1CCN(Cc2cc(=O)n3nc(-c4ccccc4)sc3n2)CC1. The number of aromatic nitrogens is 3. The first-order chi connectivity index (χ1) is 15.6. The quantitative estimate of drug-likeness (QED) is 0.479. The molecule has 0 radical (unpaired) electrons. The third-order valence-corrected chi connectivity index (χ3v) is 6.43. The van der Waals surface area contributed by atoms with Crippen molar-refractivity contribution in [3.05, 3.63) is 88.1 Å². The van der Waals surface area contributed by atoms with Crippen LogP contribution in [0, 0.1) is 5.82 Å². The Labute approximate surface area is 187 Å². The van der Waals surface area contributed by atoms with E-state index in [2.05, 4.69) is 15.0 Å². The highest BCUT2D eigenvalue weighted by molar-refractivity contribution is 7.19. The number of hydrogen-bond acceptors (Lipinski definition) is 6. The first-order valence-corrected chi connectivity index (χ1v) is 11.1. The fourth-order valence-corrected chi connectivity index (χ4v) is 4.71. The Balaban J connectivity index is 1.28. The third kappa shape index (κ3) is 4.04. The molecule has 1 fully saturated rings. The van der Waals surface area contributed by atoms with Crippen LogP contribution in [-0.4, -0.2) is 56.5 Å². The summed E-state index contributed by atoms with van der Waals surface area (Å²) in [5.41, 5.74) is 1.50. The molecule has 0 saturated carbocycles. The van der Waals surface area contributed by atoms with Gasteiger partial charge in [0.15, 0.2) is 0 Å². The molecule has 162 valence electrons. The van der Waals surface area contributed by atoms with Crippen molar-refractivity contribution in [3.63, 3.8) is 0 Å². The van der Waals surface area contributed by atoms with Gasteiger partial charge >= 0.3 is 0 Å². The van der Waals surface area contributed by atoms with Gasteiger partial charge in [0, 0.05) is 44.4 Å². The molecule has 4 aromatic rings. The van der Waals surface area contributed by atoms with Crippen LogP contribution in [-0.2, 0) is 6.54 Å². The minimum Gasteiger partial charge on any atom is -0.336 e. The van der Waals surface area contributed by atoms with Crippen LogP contribution in [0.15, 0.2) is 65.5 Å². The smallest absolute Gasteiger partial charge is 0.275 e. The zero-order chi connectivity index (χ0) is 22.1. The molecule has 0 atom stereocenters.